The van der Waals surface area contributed by atoms with Gasteiger partial charge in [-0.05, 0) is 50.1 Å². The Morgan fingerprint density at radius 1 is 1.07 bits per heavy atom. The topological polar surface area (TPSA) is 76.1 Å². The van der Waals surface area contributed by atoms with Crippen LogP contribution in [-0.2, 0) is 6.54 Å². The minimum atomic E-state index is -0.250. The first-order chi connectivity index (χ1) is 13.5. The minimum Gasteiger partial charge on any atom is -0.489 e. The second kappa shape index (κ2) is 8.99. The van der Waals surface area contributed by atoms with Crippen molar-refractivity contribution in [3.63, 3.8) is 0 Å². The lowest BCUT2D eigenvalue weighted by Crippen LogP contribution is -2.24. The van der Waals surface area contributed by atoms with Gasteiger partial charge in [0.15, 0.2) is 0 Å². The zero-order valence-corrected chi connectivity index (χ0v) is 16.3. The van der Waals surface area contributed by atoms with Crippen molar-refractivity contribution >= 4 is 17.5 Å². The smallest absolute Gasteiger partial charge is 0.270 e. The van der Waals surface area contributed by atoms with Crippen molar-refractivity contribution in [1.29, 1.82) is 0 Å². The fraction of sp³-hybridized carbons (Fsp3) is 0.227. The summed E-state index contributed by atoms with van der Waals surface area (Å²) in [7, 11) is 0. The lowest BCUT2D eigenvalue weighted by molar-refractivity contribution is 0.0946. The zero-order chi connectivity index (χ0) is 19.9. The molecule has 2 aromatic carbocycles. The molecule has 3 rings (SSSR count). The van der Waals surface area contributed by atoms with Crippen LogP contribution in [0.2, 0.25) is 0 Å². The van der Waals surface area contributed by atoms with Crippen LogP contribution in [0.5, 0.6) is 5.75 Å². The molecule has 2 N–H and O–H groups in total. The standard InChI is InChI=1S/C22H24N4O2/c1-15(2)28-20-11-7-6-10-18(20)25-22-23-13-12-19(26-22)21(27)24-14-17-9-5-4-8-16(17)3/h4-13,15H,14H2,1-3H3,(H,24,27)(H,23,25,26). The number of amides is 1. The summed E-state index contributed by atoms with van der Waals surface area (Å²) in [4.78, 5) is 21.0. The summed E-state index contributed by atoms with van der Waals surface area (Å²) < 4.78 is 5.80. The molecule has 0 aliphatic carbocycles. The van der Waals surface area contributed by atoms with Gasteiger partial charge >= 0.3 is 0 Å². The number of rotatable bonds is 7. The summed E-state index contributed by atoms with van der Waals surface area (Å²) in [5, 5.41) is 6.03. The highest BCUT2D eigenvalue weighted by molar-refractivity contribution is 5.92. The summed E-state index contributed by atoms with van der Waals surface area (Å²) in [6.07, 6.45) is 1.60. The maximum absolute atomic E-state index is 12.5. The zero-order valence-electron chi connectivity index (χ0n) is 16.3. The molecule has 0 bridgehead atoms. The van der Waals surface area contributed by atoms with Crippen LogP contribution in [0.3, 0.4) is 0 Å². The normalized spacial score (nSPS) is 10.6. The van der Waals surface area contributed by atoms with Crippen molar-refractivity contribution in [2.45, 2.75) is 33.4 Å². The van der Waals surface area contributed by atoms with E-state index in [-0.39, 0.29) is 12.0 Å². The summed E-state index contributed by atoms with van der Waals surface area (Å²) in [5.74, 6) is 0.791. The lowest BCUT2D eigenvalue weighted by Gasteiger charge is -2.15. The van der Waals surface area contributed by atoms with Crippen LogP contribution in [0.25, 0.3) is 0 Å². The third kappa shape index (κ3) is 5.07. The lowest BCUT2D eigenvalue weighted by atomic mass is 10.1. The van der Waals surface area contributed by atoms with Crippen molar-refractivity contribution in [1.82, 2.24) is 15.3 Å². The van der Waals surface area contributed by atoms with E-state index < -0.39 is 0 Å². The molecule has 1 heterocycles. The number of benzene rings is 2. The first-order valence-electron chi connectivity index (χ1n) is 9.21. The van der Waals surface area contributed by atoms with Gasteiger partial charge in [0, 0.05) is 12.7 Å². The molecule has 0 aliphatic rings. The fourth-order valence-corrected chi connectivity index (χ4v) is 2.67. The summed E-state index contributed by atoms with van der Waals surface area (Å²) >= 11 is 0. The van der Waals surface area contributed by atoms with E-state index >= 15 is 0 Å². The molecule has 0 spiro atoms. The predicted octanol–water partition coefficient (Wildman–Crippen LogP) is 4.25. The number of nitrogens with zero attached hydrogens (tertiary/aromatic N) is 2. The molecule has 1 aromatic heterocycles. The SMILES string of the molecule is Cc1ccccc1CNC(=O)c1ccnc(Nc2ccccc2OC(C)C)n1. The van der Waals surface area contributed by atoms with Gasteiger partial charge in [-0.25, -0.2) is 9.97 Å². The van der Waals surface area contributed by atoms with Gasteiger partial charge in [-0.15, -0.1) is 0 Å². The number of ether oxygens (including phenoxy) is 1. The van der Waals surface area contributed by atoms with Crippen LogP contribution < -0.4 is 15.4 Å². The Morgan fingerprint density at radius 2 is 1.82 bits per heavy atom. The molecule has 1 amide bonds. The first-order valence-corrected chi connectivity index (χ1v) is 9.21. The van der Waals surface area contributed by atoms with Gasteiger partial charge < -0.3 is 15.4 Å². The van der Waals surface area contributed by atoms with Gasteiger partial charge in [-0.3, -0.25) is 4.79 Å². The third-order valence-electron chi connectivity index (χ3n) is 4.09. The van der Waals surface area contributed by atoms with Gasteiger partial charge in [-0.1, -0.05) is 36.4 Å². The Bertz CT molecular complexity index is 957. The highest BCUT2D eigenvalue weighted by Crippen LogP contribution is 2.27. The molecule has 0 aliphatic heterocycles. The van der Waals surface area contributed by atoms with Crippen LogP contribution in [0.15, 0.2) is 60.8 Å². The molecule has 0 fully saturated rings. The molecular weight excluding hydrogens is 352 g/mol. The average molecular weight is 376 g/mol. The number of hydrogen-bond donors (Lipinski definition) is 2. The highest BCUT2D eigenvalue weighted by atomic mass is 16.5. The molecule has 0 unspecified atom stereocenters. The van der Waals surface area contributed by atoms with Crippen molar-refractivity contribution in [3.05, 3.63) is 77.6 Å². The van der Waals surface area contributed by atoms with Crippen LogP contribution in [-0.4, -0.2) is 22.0 Å². The first kappa shape index (κ1) is 19.4. The molecule has 28 heavy (non-hydrogen) atoms. The monoisotopic (exact) mass is 376 g/mol. The van der Waals surface area contributed by atoms with Crippen LogP contribution >= 0.6 is 0 Å². The second-order valence-electron chi connectivity index (χ2n) is 6.66. The van der Waals surface area contributed by atoms with E-state index in [0.717, 1.165) is 16.8 Å². The van der Waals surface area contributed by atoms with Gasteiger partial charge in [0.1, 0.15) is 11.4 Å². The van der Waals surface area contributed by atoms with E-state index in [1.807, 2.05) is 69.3 Å². The quantitative estimate of drug-likeness (QED) is 0.645. The molecule has 0 atom stereocenters. The number of aromatic nitrogens is 2. The molecule has 0 radical (unpaired) electrons. The molecule has 0 saturated heterocycles. The number of carbonyl (C=O) groups is 1. The maximum Gasteiger partial charge on any atom is 0.270 e. The predicted molar refractivity (Wildman–Crippen MR) is 110 cm³/mol. The van der Waals surface area contributed by atoms with E-state index in [4.69, 9.17) is 4.74 Å². The largest absolute Gasteiger partial charge is 0.489 e. The fourth-order valence-electron chi connectivity index (χ4n) is 2.67. The maximum atomic E-state index is 12.5. The van der Waals surface area contributed by atoms with Gasteiger partial charge in [0.2, 0.25) is 5.95 Å². The van der Waals surface area contributed by atoms with E-state index in [2.05, 4.69) is 20.6 Å². The Kier molecular flexibility index (Phi) is 6.22. The Balaban J connectivity index is 1.70. The Labute approximate surface area is 165 Å². The molecule has 3 aromatic rings. The number of aryl methyl sites for hydroxylation is 1. The molecule has 6 heteroatoms. The third-order valence-corrected chi connectivity index (χ3v) is 4.09. The van der Waals surface area contributed by atoms with Crippen LogP contribution in [0, 0.1) is 6.92 Å². The molecule has 6 nitrogen and oxygen atoms in total. The van der Waals surface area contributed by atoms with Gasteiger partial charge in [0.25, 0.3) is 5.91 Å². The molecular formula is C22H24N4O2. The summed E-state index contributed by atoms with van der Waals surface area (Å²) in [6.45, 7) is 6.40. The highest BCUT2D eigenvalue weighted by Gasteiger charge is 2.11. The molecule has 0 saturated carbocycles. The number of nitrogens with one attached hydrogen (secondary N) is 2. The number of para-hydroxylation sites is 2. The van der Waals surface area contributed by atoms with Crippen LogP contribution in [0.1, 0.15) is 35.5 Å². The van der Waals surface area contributed by atoms with Gasteiger partial charge in [-0.2, -0.15) is 0 Å². The summed E-state index contributed by atoms with van der Waals surface area (Å²) in [5.41, 5.74) is 3.25. The van der Waals surface area contributed by atoms with Crippen molar-refractivity contribution in [2.24, 2.45) is 0 Å². The minimum absolute atomic E-state index is 0.0439. The summed E-state index contributed by atoms with van der Waals surface area (Å²) in [6, 6.07) is 17.1. The van der Waals surface area contributed by atoms with Gasteiger partial charge in [0.05, 0.1) is 11.8 Å². The number of carbonyl (C=O) groups excluding carboxylic acids is 1. The van der Waals surface area contributed by atoms with Crippen molar-refractivity contribution in [3.8, 4) is 5.75 Å². The van der Waals surface area contributed by atoms with E-state index in [1.54, 1.807) is 12.3 Å². The van der Waals surface area contributed by atoms with Crippen LogP contribution in [0.4, 0.5) is 11.6 Å². The second-order valence-corrected chi connectivity index (χ2v) is 6.66. The Hall–Kier alpha value is -3.41. The Morgan fingerprint density at radius 3 is 2.61 bits per heavy atom. The number of anilines is 2. The van der Waals surface area contributed by atoms with E-state index in [0.29, 0.717) is 23.9 Å². The van der Waals surface area contributed by atoms with E-state index in [1.165, 1.54) is 0 Å². The average Bonchev–Trinajstić information content (AvgIpc) is 2.68. The van der Waals surface area contributed by atoms with E-state index in [9.17, 15) is 4.79 Å². The molecule has 144 valence electrons. The van der Waals surface area contributed by atoms with Crippen molar-refractivity contribution < 1.29 is 9.53 Å². The van der Waals surface area contributed by atoms with Crippen molar-refractivity contribution in [2.75, 3.05) is 5.32 Å². The number of hydrogen-bond acceptors (Lipinski definition) is 5.